The predicted molar refractivity (Wildman–Crippen MR) is 92.1 cm³/mol. The second-order valence-corrected chi connectivity index (χ2v) is 8.05. The van der Waals surface area contributed by atoms with Crippen LogP contribution in [-0.2, 0) is 14.3 Å². The van der Waals surface area contributed by atoms with Crippen LogP contribution in [0.1, 0.15) is 65.7 Å². The lowest BCUT2D eigenvalue weighted by Crippen LogP contribution is -2.55. The summed E-state index contributed by atoms with van der Waals surface area (Å²) in [5, 5.41) is 12.1. The van der Waals surface area contributed by atoms with Gasteiger partial charge >= 0.3 is 12.1 Å². The summed E-state index contributed by atoms with van der Waals surface area (Å²) in [5.74, 6) is -1.24. The number of carbonyl (C=O) groups is 3. The smallest absolute Gasteiger partial charge is 0.408 e. The Hall–Kier alpha value is -1.79. The van der Waals surface area contributed by atoms with Crippen molar-refractivity contribution in [3.05, 3.63) is 0 Å². The van der Waals surface area contributed by atoms with E-state index in [-0.39, 0.29) is 11.8 Å². The van der Waals surface area contributed by atoms with Gasteiger partial charge in [0.05, 0.1) is 0 Å². The summed E-state index contributed by atoms with van der Waals surface area (Å²) in [4.78, 5) is 38.1. The Morgan fingerprint density at radius 1 is 1.08 bits per heavy atom. The number of carboxylic acids is 1. The van der Waals surface area contributed by atoms with E-state index in [9.17, 15) is 19.5 Å². The monoisotopic (exact) mass is 354 g/mol. The minimum Gasteiger partial charge on any atom is -0.480 e. The first-order valence-corrected chi connectivity index (χ1v) is 9.22. The molecule has 2 amide bonds. The highest BCUT2D eigenvalue weighted by Gasteiger charge is 2.41. The molecule has 0 aromatic heterocycles. The topological polar surface area (TPSA) is 95.9 Å². The summed E-state index contributed by atoms with van der Waals surface area (Å²) in [6.45, 7) is 5.73. The average Bonchev–Trinajstić information content (AvgIpc) is 3.01. The second-order valence-electron chi connectivity index (χ2n) is 8.05. The van der Waals surface area contributed by atoms with E-state index in [0.717, 1.165) is 32.1 Å². The molecule has 0 aromatic rings. The van der Waals surface area contributed by atoms with Crippen LogP contribution in [0, 0.1) is 5.92 Å². The molecule has 1 saturated carbocycles. The molecule has 1 aliphatic heterocycles. The van der Waals surface area contributed by atoms with E-state index in [2.05, 4.69) is 5.32 Å². The van der Waals surface area contributed by atoms with Crippen LogP contribution in [-0.4, -0.2) is 52.2 Å². The number of carboxylic acid groups (broad SMARTS) is 1. The number of aliphatic carboxylic acids is 1. The number of nitrogens with zero attached hydrogens (tertiary/aromatic N) is 1. The van der Waals surface area contributed by atoms with Crippen LogP contribution >= 0.6 is 0 Å². The molecule has 2 fully saturated rings. The summed E-state index contributed by atoms with van der Waals surface area (Å²) >= 11 is 0. The van der Waals surface area contributed by atoms with Crippen molar-refractivity contribution in [1.29, 1.82) is 0 Å². The van der Waals surface area contributed by atoms with Gasteiger partial charge in [0.15, 0.2) is 0 Å². The third kappa shape index (κ3) is 5.34. The maximum absolute atomic E-state index is 13.1. The number of amides is 2. The minimum atomic E-state index is -0.981. The van der Waals surface area contributed by atoms with Crippen LogP contribution in [0.5, 0.6) is 0 Å². The summed E-state index contributed by atoms with van der Waals surface area (Å²) < 4.78 is 5.31. The molecule has 0 spiro atoms. The number of likely N-dealkylation sites (tertiary alicyclic amines) is 1. The van der Waals surface area contributed by atoms with Crippen molar-refractivity contribution in [2.24, 2.45) is 5.92 Å². The highest BCUT2D eigenvalue weighted by molar-refractivity contribution is 5.90. The van der Waals surface area contributed by atoms with Gasteiger partial charge in [-0.1, -0.05) is 19.3 Å². The molecule has 1 aliphatic carbocycles. The van der Waals surface area contributed by atoms with Crippen LogP contribution in [0.4, 0.5) is 4.79 Å². The average molecular weight is 354 g/mol. The fourth-order valence-corrected chi connectivity index (χ4v) is 3.75. The molecule has 0 radical (unpaired) electrons. The van der Waals surface area contributed by atoms with Gasteiger partial charge in [-0.15, -0.1) is 0 Å². The van der Waals surface area contributed by atoms with Crippen molar-refractivity contribution < 1.29 is 24.2 Å². The van der Waals surface area contributed by atoms with Gasteiger partial charge in [-0.25, -0.2) is 9.59 Å². The second kappa shape index (κ2) is 8.06. The SMILES string of the molecule is CC(C)(C)OC(=O)N[C@H](C(=O)N1CCC[C@H]1C(=O)O)C1CCCCC1. The highest BCUT2D eigenvalue weighted by Crippen LogP contribution is 2.29. The zero-order valence-corrected chi connectivity index (χ0v) is 15.4. The number of rotatable bonds is 4. The lowest BCUT2D eigenvalue weighted by atomic mass is 9.83. The number of alkyl carbamates (subject to hydrolysis) is 1. The van der Waals surface area contributed by atoms with E-state index in [4.69, 9.17) is 4.74 Å². The molecular weight excluding hydrogens is 324 g/mol. The van der Waals surface area contributed by atoms with Crippen LogP contribution in [0.3, 0.4) is 0 Å². The van der Waals surface area contributed by atoms with Crippen LogP contribution in [0.2, 0.25) is 0 Å². The Bertz CT molecular complexity index is 508. The molecule has 0 unspecified atom stereocenters. The zero-order chi connectivity index (χ0) is 18.6. The molecular formula is C18H30N2O5. The first kappa shape index (κ1) is 19.5. The maximum Gasteiger partial charge on any atom is 0.408 e. The Labute approximate surface area is 149 Å². The normalized spacial score (nSPS) is 23.2. The van der Waals surface area contributed by atoms with E-state index in [1.807, 2.05) is 0 Å². The molecule has 2 rings (SSSR count). The van der Waals surface area contributed by atoms with E-state index < -0.39 is 29.7 Å². The Kier molecular flexibility index (Phi) is 6.30. The number of hydrogen-bond acceptors (Lipinski definition) is 4. The Balaban J connectivity index is 2.14. The van der Waals surface area contributed by atoms with E-state index in [1.54, 1.807) is 20.8 Å². The summed E-state index contributed by atoms with van der Waals surface area (Å²) in [6, 6.07) is -1.51. The van der Waals surface area contributed by atoms with Gasteiger partial charge in [-0.3, -0.25) is 4.79 Å². The molecule has 1 saturated heterocycles. The molecule has 2 atom stereocenters. The molecule has 7 nitrogen and oxygen atoms in total. The lowest BCUT2D eigenvalue weighted by molar-refractivity contribution is -0.149. The predicted octanol–water partition coefficient (Wildman–Crippen LogP) is 2.54. The van der Waals surface area contributed by atoms with Crippen LogP contribution < -0.4 is 5.32 Å². The van der Waals surface area contributed by atoms with Gasteiger partial charge in [0.25, 0.3) is 0 Å². The Morgan fingerprint density at radius 2 is 1.72 bits per heavy atom. The van der Waals surface area contributed by atoms with Crippen molar-refractivity contribution in [2.75, 3.05) is 6.54 Å². The summed E-state index contributed by atoms with van der Waals surface area (Å²) in [7, 11) is 0. The molecule has 1 heterocycles. The van der Waals surface area contributed by atoms with Gasteiger partial charge < -0.3 is 20.1 Å². The van der Waals surface area contributed by atoms with Gasteiger partial charge in [-0.05, 0) is 52.4 Å². The van der Waals surface area contributed by atoms with Gasteiger partial charge in [0.1, 0.15) is 17.7 Å². The molecule has 7 heteroatoms. The quantitative estimate of drug-likeness (QED) is 0.809. The minimum absolute atomic E-state index is 0.0313. The van der Waals surface area contributed by atoms with Crippen molar-refractivity contribution in [3.8, 4) is 0 Å². The van der Waals surface area contributed by atoms with Gasteiger partial charge in [0.2, 0.25) is 5.91 Å². The fourth-order valence-electron chi connectivity index (χ4n) is 3.75. The van der Waals surface area contributed by atoms with E-state index >= 15 is 0 Å². The van der Waals surface area contributed by atoms with E-state index in [1.165, 1.54) is 4.90 Å². The third-order valence-electron chi connectivity index (χ3n) is 4.88. The Morgan fingerprint density at radius 3 is 2.28 bits per heavy atom. The highest BCUT2D eigenvalue weighted by atomic mass is 16.6. The molecule has 2 N–H and O–H groups in total. The molecule has 142 valence electrons. The first-order chi connectivity index (χ1) is 11.7. The molecule has 0 bridgehead atoms. The maximum atomic E-state index is 13.1. The number of hydrogen-bond donors (Lipinski definition) is 2. The van der Waals surface area contributed by atoms with Gasteiger partial charge in [-0.2, -0.15) is 0 Å². The zero-order valence-electron chi connectivity index (χ0n) is 15.4. The summed E-state index contributed by atoms with van der Waals surface area (Å²) in [6.07, 6.45) is 5.40. The first-order valence-electron chi connectivity index (χ1n) is 9.22. The van der Waals surface area contributed by atoms with Crippen molar-refractivity contribution in [3.63, 3.8) is 0 Å². The fraction of sp³-hybridized carbons (Fsp3) is 0.833. The van der Waals surface area contributed by atoms with Gasteiger partial charge in [0, 0.05) is 6.54 Å². The number of carbonyl (C=O) groups excluding carboxylic acids is 2. The molecule has 0 aromatic carbocycles. The van der Waals surface area contributed by atoms with Crippen molar-refractivity contribution >= 4 is 18.0 Å². The van der Waals surface area contributed by atoms with Crippen molar-refractivity contribution in [2.45, 2.75) is 83.4 Å². The van der Waals surface area contributed by atoms with Crippen LogP contribution in [0.25, 0.3) is 0 Å². The van der Waals surface area contributed by atoms with Crippen LogP contribution in [0.15, 0.2) is 0 Å². The molecule has 2 aliphatic rings. The number of ether oxygens (including phenoxy) is 1. The van der Waals surface area contributed by atoms with Crippen molar-refractivity contribution in [1.82, 2.24) is 10.2 Å². The molecule has 25 heavy (non-hydrogen) atoms. The largest absolute Gasteiger partial charge is 0.480 e. The summed E-state index contributed by atoms with van der Waals surface area (Å²) in [5.41, 5.74) is -0.651. The number of nitrogens with one attached hydrogen (secondary N) is 1. The van der Waals surface area contributed by atoms with E-state index in [0.29, 0.717) is 19.4 Å². The standard InChI is InChI=1S/C18H30N2O5/c1-18(2,3)25-17(24)19-14(12-8-5-4-6-9-12)15(21)20-11-7-10-13(20)16(22)23/h12-14H,4-11H2,1-3H3,(H,19,24)(H,22,23)/t13-,14-/m0/s1. The third-order valence-corrected chi connectivity index (χ3v) is 4.88. The lowest BCUT2D eigenvalue weighted by Gasteiger charge is -2.34.